The molecule has 1 aromatic rings. The van der Waals surface area contributed by atoms with Crippen molar-refractivity contribution < 1.29 is 0 Å². The van der Waals surface area contributed by atoms with Crippen molar-refractivity contribution in [2.45, 2.75) is 59.4 Å². The fraction of sp³-hybridized carbons (Fsp3) is 0.417. The van der Waals surface area contributed by atoms with Gasteiger partial charge >= 0.3 is 0 Å². The lowest BCUT2D eigenvalue weighted by Crippen LogP contribution is -2.35. The normalized spacial score (nSPS) is 28.6. The molecule has 2 aliphatic carbocycles. The van der Waals surface area contributed by atoms with E-state index in [0.717, 1.165) is 15.9 Å². The van der Waals surface area contributed by atoms with Crippen LogP contribution in [0, 0.1) is 19.3 Å². The zero-order valence-electron chi connectivity index (χ0n) is 16.5. The Hall–Kier alpha value is -1.60. The quantitative estimate of drug-likeness (QED) is 0.586. The monoisotopic (exact) mass is 346 g/mol. The number of benzene rings is 1. The summed E-state index contributed by atoms with van der Waals surface area (Å²) in [5.74, 6) is 0. The molecule has 0 bridgehead atoms. The van der Waals surface area contributed by atoms with Crippen molar-refractivity contribution in [3.63, 3.8) is 0 Å². The minimum absolute atomic E-state index is 0.164. The fourth-order valence-electron chi connectivity index (χ4n) is 4.24. The highest BCUT2D eigenvalue weighted by atomic mass is 28.2. The zero-order valence-corrected chi connectivity index (χ0v) is 17.5. The number of hydrogen-bond donors (Lipinski definition) is 0. The van der Waals surface area contributed by atoms with Gasteiger partial charge in [-0.05, 0) is 69.6 Å². The first kappa shape index (κ1) is 18.2. The summed E-state index contributed by atoms with van der Waals surface area (Å²) in [4.78, 5) is 0. The highest BCUT2D eigenvalue weighted by molar-refractivity contribution is 6.59. The second kappa shape index (κ2) is 6.61. The van der Waals surface area contributed by atoms with Crippen LogP contribution in [0.4, 0.5) is 0 Å². The van der Waals surface area contributed by atoms with Crippen LogP contribution in [0.15, 0.2) is 65.3 Å². The predicted octanol–water partition coefficient (Wildman–Crippen LogP) is 6.00. The second-order valence-electron chi connectivity index (χ2n) is 8.24. The van der Waals surface area contributed by atoms with E-state index < -0.39 is 0 Å². The summed E-state index contributed by atoms with van der Waals surface area (Å²) in [5.41, 5.74) is 7.65. The van der Waals surface area contributed by atoms with Crippen LogP contribution in [-0.4, -0.2) is 9.52 Å². The molecular formula is C24H30Si. The van der Waals surface area contributed by atoms with Crippen LogP contribution in [0.1, 0.15) is 51.7 Å². The van der Waals surface area contributed by atoms with E-state index in [9.17, 15) is 0 Å². The molecule has 0 amide bonds. The Morgan fingerprint density at radius 2 is 1.80 bits per heavy atom. The lowest BCUT2D eigenvalue weighted by Gasteiger charge is -2.39. The zero-order chi connectivity index (χ0) is 18.2. The molecule has 0 fully saturated rings. The van der Waals surface area contributed by atoms with Crippen molar-refractivity contribution in [1.29, 1.82) is 0 Å². The first-order chi connectivity index (χ1) is 11.8. The van der Waals surface area contributed by atoms with E-state index in [1.807, 2.05) is 0 Å². The standard InChI is InChI=1S/C24H30Si/c1-17-11-10-12-22(20(17)4)25-24(15-18(2)19(3)21(24)5)16-23(6)13-8-7-9-14-23/h7-13,15H,14,16H2,1-6H3. The first-order valence-electron chi connectivity index (χ1n) is 9.33. The number of hydrogen-bond acceptors (Lipinski definition) is 0. The molecule has 0 nitrogen and oxygen atoms in total. The maximum Gasteiger partial charge on any atom is 0.0983 e. The second-order valence-corrected chi connectivity index (χ2v) is 9.92. The average Bonchev–Trinajstić information content (AvgIpc) is 2.76. The average molecular weight is 347 g/mol. The minimum atomic E-state index is 0.164. The molecule has 25 heavy (non-hydrogen) atoms. The van der Waals surface area contributed by atoms with Crippen molar-refractivity contribution >= 4 is 14.7 Å². The molecule has 2 aliphatic rings. The highest BCUT2D eigenvalue weighted by Crippen LogP contribution is 2.54. The summed E-state index contributed by atoms with van der Waals surface area (Å²) >= 11 is 0. The van der Waals surface area contributed by atoms with Crippen LogP contribution in [0.5, 0.6) is 0 Å². The summed E-state index contributed by atoms with van der Waals surface area (Å²) in [6.45, 7) is 13.9. The van der Waals surface area contributed by atoms with Crippen LogP contribution in [-0.2, 0) is 0 Å². The van der Waals surface area contributed by atoms with Gasteiger partial charge in [-0.15, -0.1) is 0 Å². The molecule has 0 spiro atoms. The van der Waals surface area contributed by atoms with Gasteiger partial charge in [-0.2, -0.15) is 0 Å². The third-order valence-electron chi connectivity index (χ3n) is 6.26. The highest BCUT2D eigenvalue weighted by Gasteiger charge is 2.41. The molecule has 130 valence electrons. The number of allylic oxidation sites excluding steroid dienone is 8. The molecule has 2 radical (unpaired) electrons. The molecule has 0 saturated heterocycles. The van der Waals surface area contributed by atoms with E-state index >= 15 is 0 Å². The molecular weight excluding hydrogens is 316 g/mol. The van der Waals surface area contributed by atoms with Crippen molar-refractivity contribution in [2.24, 2.45) is 5.41 Å². The Morgan fingerprint density at radius 1 is 1.04 bits per heavy atom. The molecule has 0 heterocycles. The fourth-order valence-corrected chi connectivity index (χ4v) is 6.44. The maximum absolute atomic E-state index is 2.58. The third kappa shape index (κ3) is 3.39. The van der Waals surface area contributed by atoms with Gasteiger partial charge in [-0.25, -0.2) is 0 Å². The number of aryl methyl sites for hydroxylation is 1. The van der Waals surface area contributed by atoms with Crippen LogP contribution >= 0.6 is 0 Å². The van der Waals surface area contributed by atoms with Crippen LogP contribution < -0.4 is 5.19 Å². The Labute approximate surface area is 156 Å². The van der Waals surface area contributed by atoms with Gasteiger partial charge in [0.1, 0.15) is 0 Å². The van der Waals surface area contributed by atoms with E-state index in [-0.39, 0.29) is 10.5 Å². The van der Waals surface area contributed by atoms with Crippen molar-refractivity contribution in [1.82, 2.24) is 0 Å². The smallest absolute Gasteiger partial charge is 0.0837 e. The Morgan fingerprint density at radius 3 is 2.40 bits per heavy atom. The lowest BCUT2D eigenvalue weighted by molar-refractivity contribution is 0.367. The Bertz CT molecular complexity index is 805. The Kier molecular flexibility index (Phi) is 4.81. The van der Waals surface area contributed by atoms with E-state index in [1.54, 1.807) is 5.57 Å². The predicted molar refractivity (Wildman–Crippen MR) is 112 cm³/mol. The largest absolute Gasteiger partial charge is 0.0983 e. The van der Waals surface area contributed by atoms with Crippen molar-refractivity contribution in [3.8, 4) is 0 Å². The number of rotatable bonds is 4. The summed E-state index contributed by atoms with van der Waals surface area (Å²) in [5, 5.41) is 1.69. The molecule has 3 rings (SSSR count). The van der Waals surface area contributed by atoms with Crippen LogP contribution in [0.2, 0.25) is 5.04 Å². The Balaban J connectivity index is 2.04. The van der Waals surface area contributed by atoms with Gasteiger partial charge in [-0.3, -0.25) is 0 Å². The molecule has 0 aliphatic heterocycles. The molecule has 1 aromatic carbocycles. The summed E-state index contributed by atoms with van der Waals surface area (Å²) < 4.78 is 0. The molecule has 1 heteroatoms. The van der Waals surface area contributed by atoms with Gasteiger partial charge in [-0.1, -0.05) is 71.8 Å². The first-order valence-corrected chi connectivity index (χ1v) is 10.3. The van der Waals surface area contributed by atoms with E-state index in [0.29, 0.717) is 0 Å². The molecule has 0 saturated carbocycles. The van der Waals surface area contributed by atoms with Gasteiger partial charge in [0.25, 0.3) is 0 Å². The van der Waals surface area contributed by atoms with Gasteiger partial charge in [0.05, 0.1) is 9.52 Å². The van der Waals surface area contributed by atoms with Gasteiger partial charge < -0.3 is 0 Å². The van der Waals surface area contributed by atoms with E-state index in [2.05, 4.69) is 90.1 Å². The third-order valence-corrected chi connectivity index (χ3v) is 8.21. The minimum Gasteiger partial charge on any atom is -0.0837 e. The summed E-state index contributed by atoms with van der Waals surface area (Å²) in [7, 11) is 0.789. The SMILES string of the molecule is CC1=CC(CC2(C)C=CC=CC2)([Si]c2cccc(C)c2C)C(C)=C1C. The molecule has 0 N–H and O–H groups in total. The van der Waals surface area contributed by atoms with Crippen molar-refractivity contribution in [3.05, 3.63) is 76.4 Å². The van der Waals surface area contributed by atoms with Gasteiger partial charge in [0.15, 0.2) is 0 Å². The maximum atomic E-state index is 2.58. The van der Waals surface area contributed by atoms with Crippen LogP contribution in [0.25, 0.3) is 0 Å². The summed E-state index contributed by atoms with van der Waals surface area (Å²) in [6, 6.07) is 6.79. The van der Waals surface area contributed by atoms with E-state index in [4.69, 9.17) is 0 Å². The molecule has 2 atom stereocenters. The van der Waals surface area contributed by atoms with Gasteiger partial charge in [0.2, 0.25) is 0 Å². The van der Waals surface area contributed by atoms with Gasteiger partial charge in [0, 0.05) is 5.04 Å². The summed E-state index contributed by atoms with van der Waals surface area (Å²) in [6.07, 6.45) is 14.1. The topological polar surface area (TPSA) is 0 Å². The van der Waals surface area contributed by atoms with Crippen molar-refractivity contribution in [2.75, 3.05) is 0 Å². The van der Waals surface area contributed by atoms with E-state index in [1.165, 1.54) is 33.9 Å². The molecule has 0 aromatic heterocycles. The van der Waals surface area contributed by atoms with Crippen LogP contribution in [0.3, 0.4) is 0 Å². The molecule has 2 unspecified atom stereocenters. The lowest BCUT2D eigenvalue weighted by atomic mass is 9.74.